The molecule has 0 aliphatic rings. The van der Waals surface area contributed by atoms with Crippen LogP contribution in [0.1, 0.15) is 31.4 Å². The molecule has 102 valence electrons. The van der Waals surface area contributed by atoms with Crippen molar-refractivity contribution in [1.82, 2.24) is 5.32 Å². The van der Waals surface area contributed by atoms with Gasteiger partial charge in [-0.15, -0.1) is 0 Å². The lowest BCUT2D eigenvalue weighted by Crippen LogP contribution is -2.29. The number of amides is 1. The van der Waals surface area contributed by atoms with Gasteiger partial charge < -0.3 is 10.1 Å². The minimum absolute atomic E-state index is 0.212. The van der Waals surface area contributed by atoms with Gasteiger partial charge in [-0.2, -0.15) is 5.26 Å². The van der Waals surface area contributed by atoms with Crippen LogP contribution >= 0.6 is 0 Å². The summed E-state index contributed by atoms with van der Waals surface area (Å²) < 4.78 is 5.46. The van der Waals surface area contributed by atoms with Crippen molar-refractivity contribution in [2.75, 3.05) is 6.61 Å². The predicted octanol–water partition coefficient (Wildman–Crippen LogP) is 2.56. The Kier molecular flexibility index (Phi) is 5.87. The molecule has 0 saturated carbocycles. The van der Waals surface area contributed by atoms with E-state index in [1.54, 1.807) is 0 Å². The Bertz CT molecular complexity index is 478. The highest BCUT2D eigenvalue weighted by Gasteiger charge is 2.14. The molecule has 4 heteroatoms. The van der Waals surface area contributed by atoms with Crippen LogP contribution in [0.2, 0.25) is 0 Å². The summed E-state index contributed by atoms with van der Waals surface area (Å²) in [5, 5.41) is 11.6. The molecule has 1 amide bonds. The Morgan fingerprint density at radius 1 is 1.47 bits per heavy atom. The van der Waals surface area contributed by atoms with Gasteiger partial charge in [0.05, 0.1) is 12.7 Å². The molecule has 1 atom stereocenters. The number of aryl methyl sites for hydroxylation is 1. The van der Waals surface area contributed by atoms with Gasteiger partial charge in [-0.1, -0.05) is 19.1 Å². The van der Waals surface area contributed by atoms with Gasteiger partial charge in [-0.3, -0.25) is 4.79 Å². The van der Waals surface area contributed by atoms with Gasteiger partial charge >= 0.3 is 0 Å². The fourth-order valence-electron chi connectivity index (χ4n) is 1.79. The first-order valence-corrected chi connectivity index (χ1v) is 6.52. The summed E-state index contributed by atoms with van der Waals surface area (Å²) in [5.74, 6) is 0.0846. The lowest BCUT2D eigenvalue weighted by Gasteiger charge is -2.11. The molecule has 1 unspecified atom stereocenters. The largest absolute Gasteiger partial charge is 0.494 e. The number of hydrogen-bond acceptors (Lipinski definition) is 3. The molecular formula is C15H20N2O2. The summed E-state index contributed by atoms with van der Waals surface area (Å²) in [7, 11) is 0. The van der Waals surface area contributed by atoms with E-state index < -0.39 is 5.92 Å². The van der Waals surface area contributed by atoms with Crippen LogP contribution in [-0.4, -0.2) is 12.5 Å². The Labute approximate surface area is 114 Å². The number of nitrogens with one attached hydrogen (secondary N) is 1. The maximum Gasteiger partial charge on any atom is 0.237 e. The van der Waals surface area contributed by atoms with E-state index in [1.807, 2.05) is 45.0 Å². The van der Waals surface area contributed by atoms with Crippen molar-refractivity contribution in [3.63, 3.8) is 0 Å². The molecule has 0 aliphatic heterocycles. The monoisotopic (exact) mass is 260 g/mol. The van der Waals surface area contributed by atoms with E-state index in [9.17, 15) is 4.79 Å². The van der Waals surface area contributed by atoms with Crippen molar-refractivity contribution < 1.29 is 9.53 Å². The molecule has 0 aliphatic carbocycles. The van der Waals surface area contributed by atoms with E-state index >= 15 is 0 Å². The second-order valence-electron chi connectivity index (χ2n) is 4.34. The normalized spacial score (nSPS) is 11.5. The van der Waals surface area contributed by atoms with Crippen LogP contribution in [0.4, 0.5) is 0 Å². The van der Waals surface area contributed by atoms with Crippen LogP contribution in [0.25, 0.3) is 0 Å². The number of ether oxygens (including phenoxy) is 1. The molecule has 0 bridgehead atoms. The third-order valence-electron chi connectivity index (χ3n) is 2.89. The molecule has 0 heterocycles. The topological polar surface area (TPSA) is 62.1 Å². The Balaban J connectivity index is 2.62. The van der Waals surface area contributed by atoms with Gasteiger partial charge in [-0.25, -0.2) is 0 Å². The minimum atomic E-state index is -0.566. The fourth-order valence-corrected chi connectivity index (χ4v) is 1.79. The van der Waals surface area contributed by atoms with Crippen LogP contribution in [-0.2, 0) is 11.3 Å². The van der Waals surface area contributed by atoms with Crippen LogP contribution in [0.15, 0.2) is 18.2 Å². The Morgan fingerprint density at radius 3 is 2.74 bits per heavy atom. The molecule has 4 nitrogen and oxygen atoms in total. The summed E-state index contributed by atoms with van der Waals surface area (Å²) in [6.07, 6.45) is 0.532. The standard InChI is InChI=1S/C15H20N2O2/c1-4-13(9-16)15(18)17-10-12-6-7-14(19-5-2)11(3)8-12/h6-8,13H,4-5,10H2,1-3H3,(H,17,18). The molecule has 0 spiro atoms. The number of carbonyl (C=O) groups excluding carboxylic acids is 1. The van der Waals surface area contributed by atoms with Crippen molar-refractivity contribution in [3.05, 3.63) is 29.3 Å². The maximum atomic E-state index is 11.7. The second-order valence-corrected chi connectivity index (χ2v) is 4.34. The first-order chi connectivity index (χ1) is 9.12. The smallest absolute Gasteiger partial charge is 0.237 e. The lowest BCUT2D eigenvalue weighted by atomic mass is 10.1. The molecule has 1 N–H and O–H groups in total. The van der Waals surface area contributed by atoms with E-state index in [2.05, 4.69) is 5.32 Å². The first kappa shape index (κ1) is 15.0. The number of nitriles is 1. The second kappa shape index (κ2) is 7.42. The van der Waals surface area contributed by atoms with Crippen LogP contribution in [0.3, 0.4) is 0 Å². The highest BCUT2D eigenvalue weighted by Crippen LogP contribution is 2.19. The van der Waals surface area contributed by atoms with E-state index in [0.717, 1.165) is 16.9 Å². The van der Waals surface area contributed by atoms with Gasteiger partial charge in [0, 0.05) is 6.54 Å². The van der Waals surface area contributed by atoms with E-state index in [1.165, 1.54) is 0 Å². The summed E-state index contributed by atoms with van der Waals surface area (Å²) in [5.41, 5.74) is 2.04. The van der Waals surface area contributed by atoms with Crippen molar-refractivity contribution in [3.8, 4) is 11.8 Å². The van der Waals surface area contributed by atoms with Gasteiger partial charge in [0.1, 0.15) is 11.7 Å². The molecular weight excluding hydrogens is 240 g/mol. The molecule has 0 aromatic heterocycles. The van der Waals surface area contributed by atoms with Gasteiger partial charge in [0.15, 0.2) is 0 Å². The summed E-state index contributed by atoms with van der Waals surface area (Å²) in [6.45, 7) is 6.82. The van der Waals surface area contributed by atoms with Crippen molar-refractivity contribution >= 4 is 5.91 Å². The van der Waals surface area contributed by atoms with Gasteiger partial charge in [-0.05, 0) is 37.5 Å². The molecule has 0 radical (unpaired) electrons. The lowest BCUT2D eigenvalue weighted by molar-refractivity contribution is -0.123. The molecule has 1 rings (SSSR count). The fraction of sp³-hybridized carbons (Fsp3) is 0.467. The zero-order valence-corrected chi connectivity index (χ0v) is 11.7. The van der Waals surface area contributed by atoms with Gasteiger partial charge in [0.25, 0.3) is 0 Å². The molecule has 0 saturated heterocycles. The zero-order valence-electron chi connectivity index (χ0n) is 11.7. The van der Waals surface area contributed by atoms with E-state index in [0.29, 0.717) is 19.6 Å². The van der Waals surface area contributed by atoms with Crippen molar-refractivity contribution in [2.45, 2.75) is 33.7 Å². The third-order valence-corrected chi connectivity index (χ3v) is 2.89. The molecule has 0 fully saturated rings. The predicted molar refractivity (Wildman–Crippen MR) is 73.6 cm³/mol. The average Bonchev–Trinajstić information content (AvgIpc) is 2.41. The Morgan fingerprint density at radius 2 is 2.21 bits per heavy atom. The number of hydrogen-bond donors (Lipinski definition) is 1. The number of benzene rings is 1. The summed E-state index contributed by atoms with van der Waals surface area (Å²) >= 11 is 0. The number of carbonyl (C=O) groups is 1. The van der Waals surface area contributed by atoms with E-state index in [4.69, 9.17) is 10.00 Å². The maximum absolute atomic E-state index is 11.7. The van der Waals surface area contributed by atoms with Crippen LogP contribution in [0.5, 0.6) is 5.75 Å². The van der Waals surface area contributed by atoms with Crippen LogP contribution < -0.4 is 10.1 Å². The van der Waals surface area contributed by atoms with Crippen LogP contribution in [0, 0.1) is 24.2 Å². The number of nitrogens with zero attached hydrogens (tertiary/aromatic N) is 1. The molecule has 1 aromatic carbocycles. The van der Waals surface area contributed by atoms with Gasteiger partial charge in [0.2, 0.25) is 5.91 Å². The minimum Gasteiger partial charge on any atom is -0.494 e. The molecule has 19 heavy (non-hydrogen) atoms. The average molecular weight is 260 g/mol. The zero-order chi connectivity index (χ0) is 14.3. The molecule has 1 aromatic rings. The highest BCUT2D eigenvalue weighted by atomic mass is 16.5. The summed E-state index contributed by atoms with van der Waals surface area (Å²) in [6, 6.07) is 7.80. The quantitative estimate of drug-likeness (QED) is 0.855. The highest BCUT2D eigenvalue weighted by molar-refractivity contribution is 5.80. The first-order valence-electron chi connectivity index (χ1n) is 6.52. The Hall–Kier alpha value is -2.02. The summed E-state index contributed by atoms with van der Waals surface area (Å²) in [4.78, 5) is 11.7. The SMILES string of the molecule is CCOc1ccc(CNC(=O)C(C#N)CC)cc1C. The number of rotatable bonds is 6. The van der Waals surface area contributed by atoms with Crippen molar-refractivity contribution in [2.24, 2.45) is 5.92 Å². The van der Waals surface area contributed by atoms with E-state index in [-0.39, 0.29) is 5.91 Å². The van der Waals surface area contributed by atoms with Crippen molar-refractivity contribution in [1.29, 1.82) is 5.26 Å². The third kappa shape index (κ3) is 4.29.